The Kier molecular flexibility index (Phi) is 6.77. The van der Waals surface area contributed by atoms with Gasteiger partial charge in [-0.05, 0) is 52.0 Å². The number of amides is 1. The van der Waals surface area contributed by atoms with Crippen molar-refractivity contribution >= 4 is 6.09 Å². The van der Waals surface area contributed by atoms with Crippen molar-refractivity contribution in [1.82, 2.24) is 15.1 Å². The van der Waals surface area contributed by atoms with E-state index in [4.69, 9.17) is 4.74 Å². The molecule has 2 saturated heterocycles. The monoisotopic (exact) mass is 373 g/mol. The van der Waals surface area contributed by atoms with E-state index in [0.29, 0.717) is 6.04 Å². The minimum atomic E-state index is -0.157. The van der Waals surface area contributed by atoms with E-state index in [1.807, 2.05) is 18.7 Å². The molecule has 3 rings (SSSR count). The zero-order valence-corrected chi connectivity index (χ0v) is 17.1. The van der Waals surface area contributed by atoms with Crippen LogP contribution < -0.4 is 5.32 Å². The second-order valence-corrected chi connectivity index (χ2v) is 8.54. The average molecular weight is 374 g/mol. The van der Waals surface area contributed by atoms with E-state index >= 15 is 0 Å². The Balaban J connectivity index is 1.42. The van der Waals surface area contributed by atoms with Crippen molar-refractivity contribution in [2.24, 2.45) is 0 Å². The molecule has 1 N–H and O–H groups in total. The van der Waals surface area contributed by atoms with Gasteiger partial charge in [0.2, 0.25) is 0 Å². The van der Waals surface area contributed by atoms with Gasteiger partial charge < -0.3 is 15.0 Å². The van der Waals surface area contributed by atoms with Gasteiger partial charge >= 0.3 is 6.09 Å². The summed E-state index contributed by atoms with van der Waals surface area (Å²) in [4.78, 5) is 16.6. The molecule has 27 heavy (non-hydrogen) atoms. The van der Waals surface area contributed by atoms with Crippen molar-refractivity contribution in [1.29, 1.82) is 0 Å². The van der Waals surface area contributed by atoms with E-state index in [-0.39, 0.29) is 17.7 Å². The Morgan fingerprint density at radius 1 is 1.15 bits per heavy atom. The van der Waals surface area contributed by atoms with Crippen molar-refractivity contribution < 1.29 is 9.53 Å². The maximum atomic E-state index is 12.1. The summed E-state index contributed by atoms with van der Waals surface area (Å²) < 4.78 is 5.35. The zero-order chi connectivity index (χ0) is 19.3. The molecule has 1 aromatic carbocycles. The molecule has 5 heteroatoms. The number of ether oxygens (including phenoxy) is 1. The van der Waals surface area contributed by atoms with Crippen LogP contribution in [0.3, 0.4) is 0 Å². The van der Waals surface area contributed by atoms with E-state index < -0.39 is 0 Å². The third-order valence-corrected chi connectivity index (χ3v) is 6.13. The van der Waals surface area contributed by atoms with E-state index in [2.05, 4.69) is 47.5 Å². The Hall–Kier alpha value is -1.59. The van der Waals surface area contributed by atoms with Gasteiger partial charge in [-0.15, -0.1) is 0 Å². The summed E-state index contributed by atoms with van der Waals surface area (Å²) in [6.45, 7) is 11.0. The molecule has 0 atom stereocenters. The first-order chi connectivity index (χ1) is 13.0. The number of hydrogen-bond donors (Lipinski definition) is 1. The number of piperidine rings is 2. The van der Waals surface area contributed by atoms with E-state index in [1.54, 1.807) is 0 Å². The second kappa shape index (κ2) is 9.07. The highest BCUT2D eigenvalue weighted by atomic mass is 16.6. The van der Waals surface area contributed by atoms with Gasteiger partial charge in [0.1, 0.15) is 0 Å². The number of nitrogens with one attached hydrogen (secondary N) is 1. The quantitative estimate of drug-likeness (QED) is 0.856. The van der Waals surface area contributed by atoms with Crippen LogP contribution in [0, 0.1) is 0 Å². The molecule has 2 aliphatic rings. The predicted octanol–water partition coefficient (Wildman–Crippen LogP) is 3.64. The highest BCUT2D eigenvalue weighted by molar-refractivity contribution is 5.67. The molecule has 2 fully saturated rings. The predicted molar refractivity (Wildman–Crippen MR) is 109 cm³/mol. The number of benzene rings is 1. The molecule has 0 saturated carbocycles. The Morgan fingerprint density at radius 3 is 2.37 bits per heavy atom. The zero-order valence-electron chi connectivity index (χ0n) is 17.1. The molecule has 0 aromatic heterocycles. The molecule has 2 aliphatic heterocycles. The number of hydrogen-bond acceptors (Lipinski definition) is 4. The number of nitrogens with zero attached hydrogens (tertiary/aromatic N) is 2. The number of carbonyl (C=O) groups excluding carboxylic acids is 1. The van der Waals surface area contributed by atoms with Gasteiger partial charge in [0.05, 0.1) is 6.10 Å². The van der Waals surface area contributed by atoms with E-state index in [1.165, 1.54) is 18.4 Å². The fourth-order valence-corrected chi connectivity index (χ4v) is 4.24. The van der Waals surface area contributed by atoms with Crippen LogP contribution in [0.15, 0.2) is 30.3 Å². The number of carbonyl (C=O) groups is 1. The summed E-state index contributed by atoms with van der Waals surface area (Å²) in [5, 5.41) is 3.72. The fourth-order valence-electron chi connectivity index (χ4n) is 4.24. The number of likely N-dealkylation sites (tertiary alicyclic amines) is 2. The standard InChI is InChI=1S/C22H35N3O2/c1-18(2)27-21(26)24-15-11-22(3,12-16-24)25-13-9-20(10-14-25)23-17-19-7-5-4-6-8-19/h4-8,18,20,23H,9-17H2,1-3H3. The molecule has 2 heterocycles. The number of rotatable bonds is 5. The van der Waals surface area contributed by atoms with Crippen LogP contribution in [0.25, 0.3) is 0 Å². The van der Waals surface area contributed by atoms with Gasteiger partial charge in [0, 0.05) is 44.3 Å². The van der Waals surface area contributed by atoms with Crippen molar-refractivity contribution in [2.45, 2.75) is 70.7 Å². The summed E-state index contributed by atoms with van der Waals surface area (Å²) in [5.41, 5.74) is 1.56. The lowest BCUT2D eigenvalue weighted by molar-refractivity contribution is 0.00771. The molecule has 150 valence electrons. The van der Waals surface area contributed by atoms with Crippen LogP contribution >= 0.6 is 0 Å². The lowest BCUT2D eigenvalue weighted by atomic mass is 9.85. The maximum absolute atomic E-state index is 12.1. The van der Waals surface area contributed by atoms with Crippen LogP contribution in [0.5, 0.6) is 0 Å². The minimum Gasteiger partial charge on any atom is -0.447 e. The molecule has 0 aliphatic carbocycles. The third-order valence-electron chi connectivity index (χ3n) is 6.13. The van der Waals surface area contributed by atoms with Gasteiger partial charge in [0.25, 0.3) is 0 Å². The first-order valence-electron chi connectivity index (χ1n) is 10.4. The van der Waals surface area contributed by atoms with Crippen LogP contribution in [0.4, 0.5) is 4.79 Å². The SMILES string of the molecule is CC(C)OC(=O)N1CCC(C)(N2CCC(NCc3ccccc3)CC2)CC1. The third kappa shape index (κ3) is 5.45. The molecule has 0 bridgehead atoms. The Bertz CT molecular complexity index is 589. The fraction of sp³-hybridized carbons (Fsp3) is 0.682. The Morgan fingerprint density at radius 2 is 1.78 bits per heavy atom. The molecule has 0 unspecified atom stereocenters. The molecule has 5 nitrogen and oxygen atoms in total. The Labute approximate surface area is 164 Å². The van der Waals surface area contributed by atoms with Gasteiger partial charge in [-0.1, -0.05) is 30.3 Å². The summed E-state index contributed by atoms with van der Waals surface area (Å²) >= 11 is 0. The van der Waals surface area contributed by atoms with Crippen molar-refractivity contribution in [3.63, 3.8) is 0 Å². The van der Waals surface area contributed by atoms with Gasteiger partial charge in [0.15, 0.2) is 0 Å². The molecular weight excluding hydrogens is 338 g/mol. The highest BCUT2D eigenvalue weighted by Crippen LogP contribution is 2.31. The molecule has 0 spiro atoms. The summed E-state index contributed by atoms with van der Waals surface area (Å²) in [6.07, 6.45) is 4.25. The van der Waals surface area contributed by atoms with Crippen LogP contribution in [-0.4, -0.2) is 59.8 Å². The van der Waals surface area contributed by atoms with Crippen LogP contribution in [0.2, 0.25) is 0 Å². The average Bonchev–Trinajstić information content (AvgIpc) is 2.67. The largest absolute Gasteiger partial charge is 0.447 e. The topological polar surface area (TPSA) is 44.8 Å². The summed E-state index contributed by atoms with van der Waals surface area (Å²) in [6, 6.07) is 11.2. The molecule has 1 aromatic rings. The van der Waals surface area contributed by atoms with Crippen molar-refractivity contribution in [3.8, 4) is 0 Å². The molecule has 0 radical (unpaired) electrons. The normalized spacial score (nSPS) is 21.4. The molecule has 1 amide bonds. The van der Waals surface area contributed by atoms with Gasteiger partial charge in [-0.25, -0.2) is 4.79 Å². The van der Waals surface area contributed by atoms with Gasteiger partial charge in [-0.3, -0.25) is 4.90 Å². The van der Waals surface area contributed by atoms with Crippen LogP contribution in [0.1, 0.15) is 52.0 Å². The highest BCUT2D eigenvalue weighted by Gasteiger charge is 2.38. The first-order valence-corrected chi connectivity index (χ1v) is 10.4. The second-order valence-electron chi connectivity index (χ2n) is 8.54. The lowest BCUT2D eigenvalue weighted by Crippen LogP contribution is -2.57. The van der Waals surface area contributed by atoms with E-state index in [9.17, 15) is 4.79 Å². The minimum absolute atomic E-state index is 0.0479. The summed E-state index contributed by atoms with van der Waals surface area (Å²) in [7, 11) is 0. The van der Waals surface area contributed by atoms with Crippen molar-refractivity contribution in [2.75, 3.05) is 26.2 Å². The van der Waals surface area contributed by atoms with E-state index in [0.717, 1.165) is 45.6 Å². The first kappa shape index (κ1) is 20.2. The smallest absolute Gasteiger partial charge is 0.410 e. The van der Waals surface area contributed by atoms with Crippen molar-refractivity contribution in [3.05, 3.63) is 35.9 Å². The molecular formula is C22H35N3O2. The van der Waals surface area contributed by atoms with Crippen LogP contribution in [-0.2, 0) is 11.3 Å². The lowest BCUT2D eigenvalue weighted by Gasteiger charge is -2.49. The van der Waals surface area contributed by atoms with Gasteiger partial charge in [-0.2, -0.15) is 0 Å². The summed E-state index contributed by atoms with van der Waals surface area (Å²) in [5.74, 6) is 0. The maximum Gasteiger partial charge on any atom is 0.410 e.